The average Bonchev–Trinajstić information content (AvgIpc) is 2.83. The standard InChI is InChI=1S/C14H24N3O8P/c1-2-3-4-5-8-6-17(14(20)16-12(8)15)13-11(19)10(18)9(25-13)7-24-26(21,22)23/h6,9-11,13,18-19H,2-5,7H2,1H3,(H2,15,16,20)(H2,21,22,23)/p-2. The molecule has 26 heavy (non-hydrogen) atoms. The molecule has 148 valence electrons. The van der Waals surface area contributed by atoms with Crippen molar-refractivity contribution in [2.75, 3.05) is 12.3 Å². The molecule has 0 bridgehead atoms. The molecule has 1 aliphatic rings. The van der Waals surface area contributed by atoms with Gasteiger partial charge in [0.1, 0.15) is 24.1 Å². The second-order valence-electron chi connectivity index (χ2n) is 6.09. The third-order valence-electron chi connectivity index (χ3n) is 4.12. The van der Waals surface area contributed by atoms with E-state index >= 15 is 0 Å². The number of nitrogens with two attached hydrogens (primary N) is 1. The van der Waals surface area contributed by atoms with Gasteiger partial charge in [-0.3, -0.25) is 4.57 Å². The maximum Gasteiger partial charge on any atom is 0.351 e. The van der Waals surface area contributed by atoms with Gasteiger partial charge in [-0.1, -0.05) is 19.8 Å². The van der Waals surface area contributed by atoms with Gasteiger partial charge in [0.25, 0.3) is 0 Å². The number of unbranched alkanes of at least 4 members (excludes halogenated alkanes) is 2. The van der Waals surface area contributed by atoms with E-state index in [4.69, 9.17) is 10.5 Å². The van der Waals surface area contributed by atoms with Crippen LogP contribution in [0.4, 0.5) is 5.82 Å². The van der Waals surface area contributed by atoms with Gasteiger partial charge in [-0.05, 0) is 12.8 Å². The summed E-state index contributed by atoms with van der Waals surface area (Å²) < 4.78 is 21.0. The number of aliphatic hydroxyl groups excluding tert-OH is 2. The summed E-state index contributed by atoms with van der Waals surface area (Å²) in [7, 11) is -5.27. The molecular weight excluding hydrogens is 369 g/mol. The van der Waals surface area contributed by atoms with Crippen LogP contribution in [0.5, 0.6) is 0 Å². The quantitative estimate of drug-likeness (QED) is 0.331. The fraction of sp³-hybridized carbons (Fsp3) is 0.714. The Balaban J connectivity index is 2.20. The maximum atomic E-state index is 12.1. The van der Waals surface area contributed by atoms with Crippen molar-refractivity contribution in [2.24, 2.45) is 0 Å². The van der Waals surface area contributed by atoms with Crippen LogP contribution < -0.4 is 21.2 Å². The van der Waals surface area contributed by atoms with Crippen molar-refractivity contribution in [3.8, 4) is 0 Å². The molecule has 0 spiro atoms. The number of nitrogen functional groups attached to an aromatic ring is 1. The lowest BCUT2D eigenvalue weighted by molar-refractivity contribution is -0.343. The lowest BCUT2D eigenvalue weighted by Crippen LogP contribution is -2.36. The minimum absolute atomic E-state index is 0.0777. The van der Waals surface area contributed by atoms with E-state index in [-0.39, 0.29) is 5.82 Å². The van der Waals surface area contributed by atoms with Gasteiger partial charge in [0.05, 0.1) is 14.4 Å². The van der Waals surface area contributed by atoms with E-state index in [1.165, 1.54) is 6.20 Å². The highest BCUT2D eigenvalue weighted by molar-refractivity contribution is 7.43. The SMILES string of the molecule is CCCCCc1cn(C2OC(COP(=O)([O-])[O-])C(O)C2O)c(=O)nc1N. The van der Waals surface area contributed by atoms with Crippen LogP contribution in [0.2, 0.25) is 0 Å². The van der Waals surface area contributed by atoms with Crippen molar-refractivity contribution in [2.45, 2.75) is 57.1 Å². The van der Waals surface area contributed by atoms with Crippen LogP contribution >= 0.6 is 7.82 Å². The van der Waals surface area contributed by atoms with E-state index in [0.29, 0.717) is 12.0 Å². The molecule has 0 aromatic carbocycles. The molecular formula is C14H22N3O8P-2. The summed E-state index contributed by atoms with van der Waals surface area (Å²) >= 11 is 0. The molecule has 1 saturated heterocycles. The normalized spacial score (nSPS) is 26.3. The lowest BCUT2D eigenvalue weighted by Gasteiger charge is -2.30. The van der Waals surface area contributed by atoms with Crippen LogP contribution in [0, 0.1) is 0 Å². The fourth-order valence-corrected chi connectivity index (χ4v) is 3.05. The number of aliphatic hydroxyl groups is 2. The minimum atomic E-state index is -5.27. The molecule has 11 nitrogen and oxygen atoms in total. The zero-order chi connectivity index (χ0) is 19.5. The summed E-state index contributed by atoms with van der Waals surface area (Å²) in [6.45, 7) is 1.26. The minimum Gasteiger partial charge on any atom is -0.790 e. The van der Waals surface area contributed by atoms with Crippen molar-refractivity contribution < 1.29 is 33.8 Å². The molecule has 4 unspecified atom stereocenters. The summed E-state index contributed by atoms with van der Waals surface area (Å²) in [4.78, 5) is 36.9. The van der Waals surface area contributed by atoms with E-state index in [1.807, 2.05) is 6.92 Å². The highest BCUT2D eigenvalue weighted by atomic mass is 31.2. The topological polar surface area (TPSA) is 183 Å². The number of phosphoric acid groups is 1. The lowest BCUT2D eigenvalue weighted by atomic mass is 10.1. The summed E-state index contributed by atoms with van der Waals surface area (Å²) in [6, 6.07) is 0. The summed E-state index contributed by atoms with van der Waals surface area (Å²) in [5.41, 5.74) is 5.55. The van der Waals surface area contributed by atoms with Gasteiger partial charge in [-0.25, -0.2) is 4.79 Å². The Kier molecular flexibility index (Phi) is 6.92. The van der Waals surface area contributed by atoms with Gasteiger partial charge in [-0.2, -0.15) is 4.98 Å². The van der Waals surface area contributed by atoms with Crippen LogP contribution in [0.1, 0.15) is 38.0 Å². The largest absolute Gasteiger partial charge is 0.790 e. The molecule has 2 rings (SSSR count). The second-order valence-corrected chi connectivity index (χ2v) is 7.24. The van der Waals surface area contributed by atoms with Crippen molar-refractivity contribution in [1.82, 2.24) is 9.55 Å². The molecule has 1 fully saturated rings. The average molecular weight is 391 g/mol. The van der Waals surface area contributed by atoms with Crippen molar-refractivity contribution in [1.29, 1.82) is 0 Å². The number of ether oxygens (including phenoxy) is 1. The number of nitrogens with zero attached hydrogens (tertiary/aromatic N) is 2. The summed E-state index contributed by atoms with van der Waals surface area (Å²) in [5.74, 6) is 0.0777. The van der Waals surface area contributed by atoms with Crippen LogP contribution in [0.25, 0.3) is 0 Å². The van der Waals surface area contributed by atoms with Crippen LogP contribution in [-0.4, -0.2) is 44.7 Å². The molecule has 4 N–H and O–H groups in total. The smallest absolute Gasteiger partial charge is 0.351 e. The van der Waals surface area contributed by atoms with Crippen molar-refractivity contribution in [3.63, 3.8) is 0 Å². The monoisotopic (exact) mass is 391 g/mol. The van der Waals surface area contributed by atoms with E-state index in [2.05, 4.69) is 9.51 Å². The number of rotatable bonds is 8. The van der Waals surface area contributed by atoms with Crippen LogP contribution in [0.3, 0.4) is 0 Å². The first-order chi connectivity index (χ1) is 12.1. The number of anilines is 1. The zero-order valence-electron chi connectivity index (χ0n) is 14.2. The fourth-order valence-electron chi connectivity index (χ4n) is 2.72. The Labute approximate surface area is 149 Å². The predicted molar refractivity (Wildman–Crippen MR) is 85.6 cm³/mol. The summed E-state index contributed by atoms with van der Waals surface area (Å²) in [5, 5.41) is 20.1. The van der Waals surface area contributed by atoms with Crippen LogP contribution in [0.15, 0.2) is 11.0 Å². The van der Waals surface area contributed by atoms with Crippen molar-refractivity contribution >= 4 is 13.6 Å². The van der Waals surface area contributed by atoms with Crippen LogP contribution in [-0.2, 0) is 20.2 Å². The zero-order valence-corrected chi connectivity index (χ0v) is 15.1. The highest BCUT2D eigenvalue weighted by Gasteiger charge is 2.44. The Hall–Kier alpha value is -1.33. The van der Waals surface area contributed by atoms with E-state index in [9.17, 15) is 29.4 Å². The number of hydrogen-bond acceptors (Lipinski definition) is 10. The maximum absolute atomic E-state index is 12.1. The number of phosphoric ester groups is 1. The molecule has 0 saturated carbocycles. The Morgan fingerprint density at radius 3 is 2.69 bits per heavy atom. The molecule has 0 aliphatic carbocycles. The molecule has 4 atom stereocenters. The Morgan fingerprint density at radius 2 is 2.08 bits per heavy atom. The van der Waals surface area contributed by atoms with Gasteiger partial charge >= 0.3 is 5.69 Å². The molecule has 1 aliphatic heterocycles. The first-order valence-electron chi connectivity index (χ1n) is 8.19. The Morgan fingerprint density at radius 1 is 1.38 bits per heavy atom. The predicted octanol–water partition coefficient (Wildman–Crippen LogP) is -1.98. The third kappa shape index (κ3) is 5.10. The van der Waals surface area contributed by atoms with Gasteiger partial charge < -0.3 is 39.6 Å². The first kappa shape index (κ1) is 21.0. The molecule has 1 aromatic rings. The molecule has 0 radical (unpaired) electrons. The van der Waals surface area contributed by atoms with E-state index in [0.717, 1.165) is 23.8 Å². The number of aromatic nitrogens is 2. The molecule has 0 amide bonds. The van der Waals surface area contributed by atoms with E-state index < -0.39 is 44.7 Å². The third-order valence-corrected chi connectivity index (χ3v) is 4.58. The number of hydrogen-bond donors (Lipinski definition) is 3. The summed E-state index contributed by atoms with van der Waals surface area (Å²) in [6.07, 6.45) is -0.973. The van der Waals surface area contributed by atoms with Gasteiger partial charge in [0.2, 0.25) is 0 Å². The van der Waals surface area contributed by atoms with Gasteiger partial charge in [0.15, 0.2) is 6.23 Å². The van der Waals surface area contributed by atoms with Gasteiger partial charge in [0, 0.05) is 11.8 Å². The number of aryl methyl sites for hydroxylation is 1. The first-order valence-corrected chi connectivity index (χ1v) is 9.65. The van der Waals surface area contributed by atoms with E-state index in [1.54, 1.807) is 0 Å². The molecule has 12 heteroatoms. The highest BCUT2D eigenvalue weighted by Crippen LogP contribution is 2.32. The second kappa shape index (κ2) is 8.57. The van der Waals surface area contributed by atoms with Gasteiger partial charge in [-0.15, -0.1) is 0 Å². The molecule has 2 heterocycles. The Bertz CT molecular complexity index is 721. The molecule has 1 aromatic heterocycles. The van der Waals surface area contributed by atoms with Crippen molar-refractivity contribution in [3.05, 3.63) is 22.2 Å².